The lowest BCUT2D eigenvalue weighted by molar-refractivity contribution is -0.120. The van der Waals surface area contributed by atoms with Gasteiger partial charge in [-0.15, -0.1) is 0 Å². The number of benzene rings is 2. The van der Waals surface area contributed by atoms with Crippen molar-refractivity contribution in [1.82, 2.24) is 9.88 Å². The first-order chi connectivity index (χ1) is 15.5. The average molecular weight is 478 g/mol. The molecule has 4 rings (SSSR count). The van der Waals surface area contributed by atoms with Gasteiger partial charge in [-0.05, 0) is 37.1 Å². The number of nitrogens with zero attached hydrogens (tertiary/aromatic N) is 3. The molecule has 0 spiro atoms. The van der Waals surface area contributed by atoms with Crippen molar-refractivity contribution in [3.63, 3.8) is 0 Å². The molecule has 1 aliphatic heterocycles. The first-order valence-corrected chi connectivity index (χ1v) is 11.8. The lowest BCUT2D eigenvalue weighted by Crippen LogP contribution is -2.40. The van der Waals surface area contributed by atoms with Crippen LogP contribution in [0.2, 0.25) is 5.02 Å². The minimum atomic E-state index is -0.499. The third-order valence-electron chi connectivity index (χ3n) is 5.37. The molecule has 1 saturated heterocycles. The Balaban J connectivity index is 1.51. The highest BCUT2D eigenvalue weighted by Crippen LogP contribution is 2.35. The summed E-state index contributed by atoms with van der Waals surface area (Å²) >= 11 is 7.76. The monoisotopic (exact) mass is 477 g/mol. The van der Waals surface area contributed by atoms with Crippen LogP contribution in [0.25, 0.3) is 10.2 Å². The van der Waals surface area contributed by atoms with Crippen LogP contribution in [0.3, 0.4) is 0 Å². The number of ether oxygens (including phenoxy) is 2. The standard InChI is InChI=1S/C23H25ClFN3O3S/c1-16-7-8-17(24)22-21(16)26-23(32-22)28(10-4-9-27-11-13-30-14-12-27)20(29)15-31-19-6-3-2-5-18(19)25/h2-3,5-8H,4,9-15H2,1H3. The normalized spacial score (nSPS) is 14.6. The highest BCUT2D eigenvalue weighted by Gasteiger charge is 2.22. The first-order valence-electron chi connectivity index (χ1n) is 10.6. The van der Waals surface area contributed by atoms with E-state index in [1.54, 1.807) is 17.0 Å². The topological polar surface area (TPSA) is 54.9 Å². The maximum absolute atomic E-state index is 13.9. The quantitative estimate of drug-likeness (QED) is 0.477. The van der Waals surface area contributed by atoms with Gasteiger partial charge in [-0.3, -0.25) is 14.6 Å². The van der Waals surface area contributed by atoms with Gasteiger partial charge < -0.3 is 9.47 Å². The fourth-order valence-corrected chi connectivity index (χ4v) is 4.95. The van der Waals surface area contributed by atoms with E-state index < -0.39 is 5.82 Å². The van der Waals surface area contributed by atoms with E-state index in [1.165, 1.54) is 23.5 Å². The van der Waals surface area contributed by atoms with Gasteiger partial charge in [0.1, 0.15) is 0 Å². The molecule has 2 heterocycles. The van der Waals surface area contributed by atoms with Gasteiger partial charge in [0.25, 0.3) is 5.91 Å². The molecule has 0 unspecified atom stereocenters. The molecule has 170 valence electrons. The molecule has 0 saturated carbocycles. The van der Waals surface area contributed by atoms with Crippen LogP contribution in [0, 0.1) is 12.7 Å². The van der Waals surface area contributed by atoms with Crippen LogP contribution in [0.5, 0.6) is 5.75 Å². The number of carbonyl (C=O) groups excluding carboxylic acids is 1. The molecular weight excluding hydrogens is 453 g/mol. The van der Waals surface area contributed by atoms with Crippen LogP contribution < -0.4 is 9.64 Å². The van der Waals surface area contributed by atoms with Crippen LogP contribution in [-0.2, 0) is 9.53 Å². The van der Waals surface area contributed by atoms with E-state index in [4.69, 9.17) is 26.1 Å². The maximum Gasteiger partial charge on any atom is 0.266 e. The van der Waals surface area contributed by atoms with Crippen molar-refractivity contribution in [1.29, 1.82) is 0 Å². The zero-order chi connectivity index (χ0) is 22.5. The van der Waals surface area contributed by atoms with E-state index >= 15 is 0 Å². The van der Waals surface area contributed by atoms with Gasteiger partial charge in [0.2, 0.25) is 0 Å². The van der Waals surface area contributed by atoms with E-state index in [2.05, 4.69) is 4.90 Å². The summed E-state index contributed by atoms with van der Waals surface area (Å²) in [5.74, 6) is -0.720. The van der Waals surface area contributed by atoms with Gasteiger partial charge in [0, 0.05) is 26.2 Å². The summed E-state index contributed by atoms with van der Waals surface area (Å²) in [6.45, 7) is 6.26. The third-order valence-corrected chi connectivity index (χ3v) is 6.90. The predicted octanol–water partition coefficient (Wildman–Crippen LogP) is 4.53. The number of aromatic nitrogens is 1. The number of halogens is 2. The molecule has 9 heteroatoms. The predicted molar refractivity (Wildman–Crippen MR) is 125 cm³/mol. The van der Waals surface area contributed by atoms with Gasteiger partial charge in [-0.25, -0.2) is 9.37 Å². The Hall–Kier alpha value is -2.26. The van der Waals surface area contributed by atoms with Gasteiger partial charge in [0.05, 0.1) is 28.5 Å². The van der Waals surface area contributed by atoms with E-state index in [0.717, 1.165) is 55.0 Å². The molecule has 32 heavy (non-hydrogen) atoms. The van der Waals surface area contributed by atoms with Crippen molar-refractivity contribution in [2.75, 3.05) is 50.9 Å². The molecule has 3 aromatic rings. The number of hydrogen-bond donors (Lipinski definition) is 0. The van der Waals surface area contributed by atoms with Crippen molar-refractivity contribution in [3.8, 4) is 5.75 Å². The fourth-order valence-electron chi connectivity index (χ4n) is 3.59. The number of anilines is 1. The van der Waals surface area contributed by atoms with Crippen LogP contribution >= 0.6 is 22.9 Å². The number of carbonyl (C=O) groups is 1. The molecule has 0 atom stereocenters. The van der Waals surface area contributed by atoms with E-state index in [9.17, 15) is 9.18 Å². The van der Waals surface area contributed by atoms with Gasteiger partial charge in [0.15, 0.2) is 23.3 Å². The van der Waals surface area contributed by atoms with Crippen LogP contribution in [0.15, 0.2) is 36.4 Å². The largest absolute Gasteiger partial charge is 0.481 e. The second kappa shape index (κ2) is 10.6. The lowest BCUT2D eigenvalue weighted by atomic mass is 10.2. The minimum absolute atomic E-state index is 0.0531. The summed E-state index contributed by atoms with van der Waals surface area (Å²) in [6, 6.07) is 9.81. The van der Waals surface area contributed by atoms with Crippen LogP contribution in [0.1, 0.15) is 12.0 Å². The SMILES string of the molecule is Cc1ccc(Cl)c2sc(N(CCCN3CCOCC3)C(=O)COc3ccccc3F)nc12. The van der Waals surface area contributed by atoms with Gasteiger partial charge in [-0.1, -0.05) is 41.1 Å². The van der Waals surface area contributed by atoms with Crippen molar-refractivity contribution in [2.45, 2.75) is 13.3 Å². The Bertz CT molecular complexity index is 1050. The molecule has 1 aromatic heterocycles. The molecule has 6 nitrogen and oxygen atoms in total. The summed E-state index contributed by atoms with van der Waals surface area (Å²) in [5.41, 5.74) is 1.79. The number of amides is 1. The van der Waals surface area contributed by atoms with Crippen molar-refractivity contribution in [2.24, 2.45) is 0 Å². The molecule has 0 aliphatic carbocycles. The fraction of sp³-hybridized carbons (Fsp3) is 0.391. The molecule has 2 aromatic carbocycles. The summed E-state index contributed by atoms with van der Waals surface area (Å²) in [7, 11) is 0. The van der Waals surface area contributed by atoms with Crippen molar-refractivity contribution < 1.29 is 18.7 Å². The zero-order valence-corrected chi connectivity index (χ0v) is 19.4. The number of thiazole rings is 1. The number of rotatable bonds is 8. The lowest BCUT2D eigenvalue weighted by Gasteiger charge is -2.27. The number of para-hydroxylation sites is 1. The Morgan fingerprint density at radius 3 is 2.81 bits per heavy atom. The Morgan fingerprint density at radius 2 is 2.06 bits per heavy atom. The highest BCUT2D eigenvalue weighted by atomic mass is 35.5. The van der Waals surface area contributed by atoms with Gasteiger partial charge >= 0.3 is 0 Å². The third kappa shape index (κ3) is 5.38. The molecule has 1 amide bonds. The van der Waals surface area contributed by atoms with Crippen LogP contribution in [-0.4, -0.2) is 61.8 Å². The average Bonchev–Trinajstić information content (AvgIpc) is 3.26. The van der Waals surface area contributed by atoms with E-state index in [-0.39, 0.29) is 18.3 Å². The summed E-state index contributed by atoms with van der Waals surface area (Å²) in [6.07, 6.45) is 0.772. The number of aryl methyl sites for hydroxylation is 1. The van der Waals surface area contributed by atoms with E-state index in [0.29, 0.717) is 16.7 Å². The van der Waals surface area contributed by atoms with Crippen molar-refractivity contribution >= 4 is 44.2 Å². The zero-order valence-electron chi connectivity index (χ0n) is 17.9. The van der Waals surface area contributed by atoms with Crippen molar-refractivity contribution in [3.05, 3.63) is 52.8 Å². The molecule has 0 N–H and O–H groups in total. The Labute approximate surface area is 195 Å². The van der Waals surface area contributed by atoms with E-state index in [1.807, 2.05) is 19.1 Å². The highest BCUT2D eigenvalue weighted by molar-refractivity contribution is 7.23. The molecule has 1 aliphatic rings. The summed E-state index contributed by atoms with van der Waals surface area (Å²) in [5, 5.41) is 1.18. The summed E-state index contributed by atoms with van der Waals surface area (Å²) < 4.78 is 25.6. The number of hydrogen-bond acceptors (Lipinski definition) is 6. The second-order valence-corrected chi connectivity index (χ2v) is 9.00. The molecule has 0 bridgehead atoms. The van der Waals surface area contributed by atoms with Crippen LogP contribution in [0.4, 0.5) is 9.52 Å². The Kier molecular flexibility index (Phi) is 7.57. The maximum atomic E-state index is 13.9. The number of morpholine rings is 1. The smallest absolute Gasteiger partial charge is 0.266 e. The van der Waals surface area contributed by atoms with Gasteiger partial charge in [-0.2, -0.15) is 0 Å². The second-order valence-electron chi connectivity index (χ2n) is 7.61. The number of fused-ring (bicyclic) bond motifs is 1. The molecule has 0 radical (unpaired) electrons. The Morgan fingerprint density at radius 1 is 1.28 bits per heavy atom. The summed E-state index contributed by atoms with van der Waals surface area (Å²) in [4.78, 5) is 21.8. The first kappa shape index (κ1) is 22.9. The molecule has 1 fully saturated rings. The molecular formula is C23H25ClFN3O3S. The minimum Gasteiger partial charge on any atom is -0.481 e.